The van der Waals surface area contributed by atoms with Crippen LogP contribution < -0.4 is 10.6 Å². The average Bonchev–Trinajstić information content (AvgIpc) is 2.39. The average molecular weight is 284 g/mol. The molecule has 0 bridgehead atoms. The molecule has 0 aliphatic carbocycles. The molecule has 0 aliphatic rings. The number of anilines is 1. The molecule has 0 spiro atoms. The van der Waals surface area contributed by atoms with E-state index in [-0.39, 0.29) is 11.7 Å². The summed E-state index contributed by atoms with van der Waals surface area (Å²) in [5.41, 5.74) is 0.555. The summed E-state index contributed by atoms with van der Waals surface area (Å²) in [5.74, 6) is 0.0441. The monoisotopic (exact) mass is 284 g/mol. The summed E-state index contributed by atoms with van der Waals surface area (Å²) in [6.07, 6.45) is 0.883. The second kappa shape index (κ2) is 7.13. The molecule has 0 unspecified atom stereocenters. The highest BCUT2D eigenvalue weighted by Crippen LogP contribution is 2.22. The van der Waals surface area contributed by atoms with Crippen LogP contribution in [0.4, 0.5) is 5.69 Å². The van der Waals surface area contributed by atoms with Gasteiger partial charge in [0.15, 0.2) is 9.84 Å². The van der Waals surface area contributed by atoms with Gasteiger partial charge < -0.3 is 10.6 Å². The molecule has 0 saturated heterocycles. The Morgan fingerprint density at radius 2 is 1.95 bits per heavy atom. The van der Waals surface area contributed by atoms with Crippen LogP contribution in [0.5, 0.6) is 0 Å². The van der Waals surface area contributed by atoms with E-state index in [4.69, 9.17) is 0 Å². The summed E-state index contributed by atoms with van der Waals surface area (Å²) in [4.78, 5) is 11.4. The molecule has 19 heavy (non-hydrogen) atoms. The fourth-order valence-corrected chi connectivity index (χ4v) is 3.22. The molecule has 0 radical (unpaired) electrons. The van der Waals surface area contributed by atoms with Crippen molar-refractivity contribution >= 4 is 21.4 Å². The van der Waals surface area contributed by atoms with Crippen LogP contribution in [0, 0.1) is 0 Å². The zero-order valence-electron chi connectivity index (χ0n) is 11.3. The van der Waals surface area contributed by atoms with Crippen LogP contribution in [-0.4, -0.2) is 33.7 Å². The topological polar surface area (TPSA) is 75.3 Å². The van der Waals surface area contributed by atoms with Crippen molar-refractivity contribution in [2.75, 3.05) is 24.7 Å². The highest BCUT2D eigenvalue weighted by molar-refractivity contribution is 7.91. The van der Waals surface area contributed by atoms with E-state index in [2.05, 4.69) is 10.6 Å². The smallest absolute Gasteiger partial charge is 0.221 e. The van der Waals surface area contributed by atoms with E-state index in [0.717, 1.165) is 0 Å². The fraction of sp³-hybridized carbons (Fsp3) is 0.462. The minimum absolute atomic E-state index is 0.0820. The number of carbonyl (C=O) groups is 1. The molecule has 1 rings (SSSR count). The van der Waals surface area contributed by atoms with Crippen molar-refractivity contribution in [3.05, 3.63) is 24.3 Å². The number of para-hydroxylation sites is 1. The van der Waals surface area contributed by atoms with Crippen LogP contribution in [-0.2, 0) is 14.6 Å². The van der Waals surface area contributed by atoms with Gasteiger partial charge in [-0.2, -0.15) is 0 Å². The summed E-state index contributed by atoms with van der Waals surface area (Å²) in [7, 11) is -1.69. The summed E-state index contributed by atoms with van der Waals surface area (Å²) in [6, 6.07) is 6.78. The molecule has 106 valence electrons. The maximum atomic E-state index is 12.1. The van der Waals surface area contributed by atoms with E-state index < -0.39 is 9.84 Å². The first-order chi connectivity index (χ1) is 9.01. The lowest BCUT2D eigenvalue weighted by Crippen LogP contribution is -2.21. The Bertz CT molecular complexity index is 526. The molecule has 0 heterocycles. The molecule has 0 aromatic heterocycles. The van der Waals surface area contributed by atoms with E-state index in [1.165, 1.54) is 0 Å². The van der Waals surface area contributed by atoms with Crippen LogP contribution in [0.15, 0.2) is 29.2 Å². The molecule has 6 heteroatoms. The van der Waals surface area contributed by atoms with E-state index in [0.29, 0.717) is 30.0 Å². The van der Waals surface area contributed by atoms with Gasteiger partial charge in [0.25, 0.3) is 0 Å². The summed E-state index contributed by atoms with van der Waals surface area (Å²) in [5, 5.41) is 5.52. The Labute approximate surface area is 114 Å². The SMILES string of the molecule is CCCS(=O)(=O)c1ccccc1NCCC(=O)NC. The number of benzene rings is 1. The minimum atomic E-state index is -3.26. The number of nitrogens with one attached hydrogen (secondary N) is 2. The van der Waals surface area contributed by atoms with Crippen LogP contribution in [0.3, 0.4) is 0 Å². The van der Waals surface area contributed by atoms with Gasteiger partial charge in [0.05, 0.1) is 16.3 Å². The zero-order valence-corrected chi connectivity index (χ0v) is 12.1. The van der Waals surface area contributed by atoms with Crippen molar-refractivity contribution in [1.29, 1.82) is 0 Å². The van der Waals surface area contributed by atoms with Gasteiger partial charge >= 0.3 is 0 Å². The second-order valence-corrected chi connectivity index (χ2v) is 6.24. The fourth-order valence-electron chi connectivity index (χ4n) is 1.70. The van der Waals surface area contributed by atoms with Crippen molar-refractivity contribution in [1.82, 2.24) is 5.32 Å². The molecule has 1 aromatic rings. The van der Waals surface area contributed by atoms with E-state index in [9.17, 15) is 13.2 Å². The van der Waals surface area contributed by atoms with Gasteiger partial charge in [0, 0.05) is 20.0 Å². The van der Waals surface area contributed by atoms with Crippen molar-refractivity contribution in [2.24, 2.45) is 0 Å². The number of sulfone groups is 1. The minimum Gasteiger partial charge on any atom is -0.383 e. The molecule has 1 aromatic carbocycles. The van der Waals surface area contributed by atoms with Gasteiger partial charge in [-0.25, -0.2) is 8.42 Å². The molecule has 2 N–H and O–H groups in total. The van der Waals surface area contributed by atoms with Crippen LogP contribution in [0.2, 0.25) is 0 Å². The maximum absolute atomic E-state index is 12.1. The van der Waals surface area contributed by atoms with Crippen molar-refractivity contribution in [3.63, 3.8) is 0 Å². The van der Waals surface area contributed by atoms with Gasteiger partial charge in [-0.05, 0) is 18.6 Å². The lowest BCUT2D eigenvalue weighted by Gasteiger charge is -2.11. The lowest BCUT2D eigenvalue weighted by atomic mass is 10.3. The predicted octanol–water partition coefficient (Wildman–Crippen LogP) is 1.42. The molecule has 0 fully saturated rings. The highest BCUT2D eigenvalue weighted by atomic mass is 32.2. The molecular formula is C13H20N2O3S. The Balaban J connectivity index is 2.82. The normalized spacial score (nSPS) is 11.1. The summed E-state index contributed by atoms with van der Waals surface area (Å²) in [6.45, 7) is 2.23. The molecule has 0 atom stereocenters. The Hall–Kier alpha value is -1.56. The van der Waals surface area contributed by atoms with Gasteiger partial charge in [-0.1, -0.05) is 19.1 Å². The third kappa shape index (κ3) is 4.55. The number of amides is 1. The van der Waals surface area contributed by atoms with Gasteiger partial charge in [-0.15, -0.1) is 0 Å². The Kier molecular flexibility index (Phi) is 5.82. The highest BCUT2D eigenvalue weighted by Gasteiger charge is 2.17. The van der Waals surface area contributed by atoms with Crippen LogP contribution in [0.1, 0.15) is 19.8 Å². The first-order valence-electron chi connectivity index (χ1n) is 6.27. The summed E-state index contributed by atoms with van der Waals surface area (Å²) < 4.78 is 24.2. The first-order valence-corrected chi connectivity index (χ1v) is 7.92. The van der Waals surface area contributed by atoms with Crippen LogP contribution in [0.25, 0.3) is 0 Å². The van der Waals surface area contributed by atoms with Crippen molar-refractivity contribution < 1.29 is 13.2 Å². The molecule has 5 nitrogen and oxygen atoms in total. The van der Waals surface area contributed by atoms with Crippen LogP contribution >= 0.6 is 0 Å². The number of hydrogen-bond donors (Lipinski definition) is 2. The van der Waals surface area contributed by atoms with Gasteiger partial charge in [0.2, 0.25) is 5.91 Å². The second-order valence-electron chi connectivity index (χ2n) is 4.16. The molecule has 1 amide bonds. The lowest BCUT2D eigenvalue weighted by molar-refractivity contribution is -0.120. The summed E-state index contributed by atoms with van der Waals surface area (Å²) >= 11 is 0. The Morgan fingerprint density at radius 3 is 2.58 bits per heavy atom. The van der Waals surface area contributed by atoms with Gasteiger partial charge in [0.1, 0.15) is 0 Å². The van der Waals surface area contributed by atoms with Crippen molar-refractivity contribution in [3.8, 4) is 0 Å². The molecule has 0 aliphatic heterocycles. The maximum Gasteiger partial charge on any atom is 0.221 e. The van der Waals surface area contributed by atoms with E-state index >= 15 is 0 Å². The quantitative estimate of drug-likeness (QED) is 0.794. The number of hydrogen-bond acceptors (Lipinski definition) is 4. The van der Waals surface area contributed by atoms with Crippen molar-refractivity contribution in [2.45, 2.75) is 24.7 Å². The third-order valence-electron chi connectivity index (χ3n) is 2.64. The van der Waals surface area contributed by atoms with E-state index in [1.807, 2.05) is 6.92 Å². The molecule has 0 saturated carbocycles. The predicted molar refractivity (Wildman–Crippen MR) is 76.0 cm³/mol. The largest absolute Gasteiger partial charge is 0.383 e. The van der Waals surface area contributed by atoms with Gasteiger partial charge in [-0.3, -0.25) is 4.79 Å². The first kappa shape index (κ1) is 15.5. The standard InChI is InChI=1S/C13H20N2O3S/c1-3-10-19(17,18)12-7-5-4-6-11(12)15-9-8-13(16)14-2/h4-7,15H,3,8-10H2,1-2H3,(H,14,16). The number of rotatable bonds is 7. The Morgan fingerprint density at radius 1 is 1.26 bits per heavy atom. The zero-order chi connectivity index (χ0) is 14.3. The number of carbonyl (C=O) groups excluding carboxylic acids is 1. The third-order valence-corrected chi connectivity index (χ3v) is 4.61. The molecular weight excluding hydrogens is 264 g/mol. The van der Waals surface area contributed by atoms with E-state index in [1.54, 1.807) is 31.3 Å².